The molecule has 15 heavy (non-hydrogen) atoms. The van der Waals surface area contributed by atoms with E-state index in [1.807, 2.05) is 6.26 Å². The van der Waals surface area contributed by atoms with Gasteiger partial charge in [-0.05, 0) is 13.2 Å². The maximum Gasteiger partial charge on any atom is 0.422 e. The number of nitrogens with zero attached hydrogens (tertiary/aromatic N) is 1. The van der Waals surface area contributed by atoms with Gasteiger partial charge in [0, 0.05) is 18.8 Å². The lowest BCUT2D eigenvalue weighted by Crippen LogP contribution is -2.38. The highest BCUT2D eigenvalue weighted by Gasteiger charge is 2.30. The minimum atomic E-state index is -4.47. The molecule has 0 bridgehead atoms. The van der Waals surface area contributed by atoms with E-state index in [1.54, 1.807) is 6.92 Å². The van der Waals surface area contributed by atoms with Crippen LogP contribution in [0.4, 0.5) is 18.0 Å². The highest BCUT2D eigenvalue weighted by atomic mass is 32.2. The summed E-state index contributed by atoms with van der Waals surface area (Å²) in [6, 6.07) is -0.152. The summed E-state index contributed by atoms with van der Waals surface area (Å²) in [5.74, 6) is 0.650. The summed E-state index contributed by atoms with van der Waals surface area (Å²) in [5, 5.41) is 0. The molecule has 0 spiro atoms. The normalized spacial score (nSPS) is 13.5. The molecule has 0 rings (SSSR count). The van der Waals surface area contributed by atoms with Crippen LogP contribution in [0.3, 0.4) is 0 Å². The third-order valence-electron chi connectivity index (χ3n) is 1.72. The lowest BCUT2D eigenvalue weighted by atomic mass is 10.4. The fraction of sp³-hybridized carbons (Fsp3) is 0.875. The van der Waals surface area contributed by atoms with Crippen LogP contribution in [0.15, 0.2) is 0 Å². The van der Waals surface area contributed by atoms with Gasteiger partial charge in [0.15, 0.2) is 6.61 Å². The van der Waals surface area contributed by atoms with E-state index in [9.17, 15) is 18.0 Å². The Bertz CT molecular complexity index is 211. The van der Waals surface area contributed by atoms with Gasteiger partial charge in [0.25, 0.3) is 0 Å². The second-order valence-electron chi connectivity index (χ2n) is 3.09. The minimum Gasteiger partial charge on any atom is -0.440 e. The topological polar surface area (TPSA) is 29.5 Å². The Labute approximate surface area is 90.9 Å². The molecule has 1 amide bonds. The predicted molar refractivity (Wildman–Crippen MR) is 53.0 cm³/mol. The van der Waals surface area contributed by atoms with E-state index in [0.717, 1.165) is 4.90 Å². The van der Waals surface area contributed by atoms with E-state index in [2.05, 4.69) is 4.74 Å². The molecule has 90 valence electrons. The zero-order chi connectivity index (χ0) is 12.1. The van der Waals surface area contributed by atoms with Crippen LogP contribution in [0.25, 0.3) is 0 Å². The number of amides is 1. The first-order valence-corrected chi connectivity index (χ1v) is 5.62. The number of ether oxygens (including phenoxy) is 1. The van der Waals surface area contributed by atoms with Crippen molar-refractivity contribution in [1.29, 1.82) is 0 Å². The van der Waals surface area contributed by atoms with Gasteiger partial charge in [-0.25, -0.2) is 4.79 Å². The van der Waals surface area contributed by atoms with E-state index in [4.69, 9.17) is 0 Å². The third kappa shape index (κ3) is 6.48. The largest absolute Gasteiger partial charge is 0.440 e. The standard InChI is InChI=1S/C8H14F3NO2S/c1-6(4-15-3)12(2)7(13)14-5-8(9,10)11/h6H,4-5H2,1-3H3. The maximum absolute atomic E-state index is 11.7. The Morgan fingerprint density at radius 3 is 2.47 bits per heavy atom. The van der Waals surface area contributed by atoms with Crippen molar-refractivity contribution in [1.82, 2.24) is 4.90 Å². The fourth-order valence-electron chi connectivity index (χ4n) is 0.778. The quantitative estimate of drug-likeness (QED) is 0.761. The molecular weight excluding hydrogens is 231 g/mol. The molecule has 0 aromatic heterocycles. The predicted octanol–water partition coefficient (Wildman–Crippen LogP) is 2.37. The highest BCUT2D eigenvalue weighted by molar-refractivity contribution is 7.98. The molecule has 0 aliphatic heterocycles. The number of thioether (sulfide) groups is 1. The van der Waals surface area contributed by atoms with Crippen molar-refractivity contribution in [2.75, 3.05) is 25.7 Å². The van der Waals surface area contributed by atoms with Crippen molar-refractivity contribution >= 4 is 17.9 Å². The van der Waals surface area contributed by atoms with Crippen LogP contribution < -0.4 is 0 Å². The van der Waals surface area contributed by atoms with E-state index in [1.165, 1.54) is 18.8 Å². The zero-order valence-corrected chi connectivity index (χ0v) is 9.61. The number of halogens is 3. The van der Waals surface area contributed by atoms with Gasteiger partial charge in [-0.1, -0.05) is 0 Å². The van der Waals surface area contributed by atoms with Crippen LogP contribution in [0.5, 0.6) is 0 Å². The average Bonchev–Trinajstić information content (AvgIpc) is 2.12. The Morgan fingerprint density at radius 1 is 1.53 bits per heavy atom. The van der Waals surface area contributed by atoms with Gasteiger partial charge in [-0.2, -0.15) is 24.9 Å². The Kier molecular flexibility index (Phi) is 5.85. The van der Waals surface area contributed by atoms with Crippen molar-refractivity contribution in [2.24, 2.45) is 0 Å². The monoisotopic (exact) mass is 245 g/mol. The average molecular weight is 245 g/mol. The SMILES string of the molecule is CSCC(C)N(C)C(=O)OCC(F)(F)F. The second kappa shape index (κ2) is 6.09. The molecule has 0 aliphatic carbocycles. The van der Waals surface area contributed by atoms with Crippen LogP contribution in [-0.4, -0.2) is 48.9 Å². The molecule has 3 nitrogen and oxygen atoms in total. The second-order valence-corrected chi connectivity index (χ2v) is 4.00. The highest BCUT2D eigenvalue weighted by Crippen LogP contribution is 2.15. The minimum absolute atomic E-state index is 0.152. The zero-order valence-electron chi connectivity index (χ0n) is 8.80. The molecule has 0 fully saturated rings. The molecule has 0 aliphatic rings. The smallest absolute Gasteiger partial charge is 0.422 e. The Morgan fingerprint density at radius 2 is 2.07 bits per heavy atom. The third-order valence-corrected chi connectivity index (χ3v) is 2.53. The van der Waals surface area contributed by atoms with Gasteiger partial charge in [-0.15, -0.1) is 0 Å². The van der Waals surface area contributed by atoms with Gasteiger partial charge in [0.1, 0.15) is 0 Å². The number of carbonyl (C=O) groups is 1. The van der Waals surface area contributed by atoms with Gasteiger partial charge < -0.3 is 9.64 Å². The molecule has 7 heteroatoms. The van der Waals surface area contributed by atoms with E-state index in [-0.39, 0.29) is 6.04 Å². The summed E-state index contributed by atoms with van der Waals surface area (Å²) in [4.78, 5) is 12.3. The molecule has 0 saturated heterocycles. The van der Waals surface area contributed by atoms with Crippen LogP contribution in [0.1, 0.15) is 6.92 Å². The van der Waals surface area contributed by atoms with Gasteiger partial charge in [0.05, 0.1) is 0 Å². The summed E-state index contributed by atoms with van der Waals surface area (Å²) in [6.07, 6.45) is -3.57. The molecule has 0 saturated carbocycles. The van der Waals surface area contributed by atoms with Crippen molar-refractivity contribution < 1.29 is 22.7 Å². The molecule has 0 heterocycles. The molecule has 1 atom stereocenters. The lowest BCUT2D eigenvalue weighted by molar-refractivity contribution is -0.162. The van der Waals surface area contributed by atoms with E-state index in [0.29, 0.717) is 5.75 Å². The van der Waals surface area contributed by atoms with Gasteiger partial charge in [0.2, 0.25) is 0 Å². The van der Waals surface area contributed by atoms with Crippen LogP contribution in [0, 0.1) is 0 Å². The fourth-order valence-corrected chi connectivity index (χ4v) is 1.48. The van der Waals surface area contributed by atoms with E-state index >= 15 is 0 Å². The summed E-state index contributed by atoms with van der Waals surface area (Å²) >= 11 is 1.51. The lowest BCUT2D eigenvalue weighted by Gasteiger charge is -2.23. The van der Waals surface area contributed by atoms with Crippen molar-refractivity contribution in [3.05, 3.63) is 0 Å². The van der Waals surface area contributed by atoms with Crippen molar-refractivity contribution in [2.45, 2.75) is 19.1 Å². The van der Waals surface area contributed by atoms with Crippen LogP contribution in [-0.2, 0) is 4.74 Å². The molecular formula is C8H14F3NO2S. The molecule has 0 aromatic carbocycles. The number of alkyl halides is 3. The molecule has 0 radical (unpaired) electrons. The Hall–Kier alpha value is -0.590. The molecule has 1 unspecified atom stereocenters. The summed E-state index contributed by atoms with van der Waals surface area (Å²) < 4.78 is 39.3. The first-order valence-electron chi connectivity index (χ1n) is 4.23. The number of hydrogen-bond acceptors (Lipinski definition) is 3. The van der Waals surface area contributed by atoms with E-state index < -0.39 is 18.9 Å². The number of rotatable bonds is 4. The first kappa shape index (κ1) is 14.4. The van der Waals surface area contributed by atoms with Gasteiger partial charge >= 0.3 is 12.3 Å². The first-order chi connectivity index (χ1) is 6.78. The molecule has 0 aromatic rings. The number of carbonyl (C=O) groups excluding carboxylic acids is 1. The summed E-state index contributed by atoms with van der Waals surface area (Å²) in [6.45, 7) is 0.202. The number of hydrogen-bond donors (Lipinski definition) is 0. The van der Waals surface area contributed by atoms with Crippen LogP contribution >= 0.6 is 11.8 Å². The Balaban J connectivity index is 3.99. The summed E-state index contributed by atoms with van der Waals surface area (Å²) in [7, 11) is 1.42. The van der Waals surface area contributed by atoms with Crippen molar-refractivity contribution in [3.63, 3.8) is 0 Å². The summed E-state index contributed by atoms with van der Waals surface area (Å²) in [5.41, 5.74) is 0. The maximum atomic E-state index is 11.7. The van der Waals surface area contributed by atoms with Gasteiger partial charge in [-0.3, -0.25) is 0 Å². The van der Waals surface area contributed by atoms with Crippen LogP contribution in [0.2, 0.25) is 0 Å². The molecule has 0 N–H and O–H groups in total. The van der Waals surface area contributed by atoms with Crippen molar-refractivity contribution in [3.8, 4) is 0 Å².